The van der Waals surface area contributed by atoms with Crippen LogP contribution in [0, 0.1) is 0 Å². The Morgan fingerprint density at radius 1 is 1.11 bits per heavy atom. The predicted octanol–water partition coefficient (Wildman–Crippen LogP) is 4.30. The van der Waals surface area contributed by atoms with Gasteiger partial charge in [-0.15, -0.1) is 12.4 Å². The van der Waals surface area contributed by atoms with Crippen LogP contribution < -0.4 is 4.74 Å². The number of carbonyl (C=O) groups excluding carboxylic acids is 1. The van der Waals surface area contributed by atoms with E-state index in [-0.39, 0.29) is 18.5 Å². The van der Waals surface area contributed by atoms with E-state index in [1.807, 2.05) is 38.1 Å². The molecule has 1 aliphatic rings. The quantitative estimate of drug-likeness (QED) is 0.657. The van der Waals surface area contributed by atoms with Gasteiger partial charge in [-0.2, -0.15) is 9.78 Å². The van der Waals surface area contributed by atoms with Gasteiger partial charge >= 0.3 is 6.09 Å². The maximum Gasteiger partial charge on any atom is 0.416 e. The molecule has 0 radical (unpaired) electrons. The minimum atomic E-state index is -0.360. The van der Waals surface area contributed by atoms with Crippen molar-refractivity contribution in [1.29, 1.82) is 0 Å². The average Bonchev–Trinajstić information content (AvgIpc) is 3.08. The monoisotopic (exact) mass is 398 g/mol. The molecule has 146 valence electrons. The number of nitrogens with zero attached hydrogens (tertiary/aromatic N) is 4. The maximum absolute atomic E-state index is 12.7. The van der Waals surface area contributed by atoms with Crippen molar-refractivity contribution in [3.8, 4) is 22.7 Å². The molecule has 1 aliphatic carbocycles. The fourth-order valence-corrected chi connectivity index (χ4v) is 3.51. The zero-order valence-corrected chi connectivity index (χ0v) is 16.8. The molecule has 2 heterocycles. The molecule has 3 aromatic rings. The third-order valence-corrected chi connectivity index (χ3v) is 4.95. The Morgan fingerprint density at radius 3 is 2.54 bits per heavy atom. The number of fused-ring (bicyclic) bond motifs is 3. The molecule has 4 rings (SSSR count). The van der Waals surface area contributed by atoms with Gasteiger partial charge in [0.05, 0.1) is 16.9 Å². The normalized spacial score (nSPS) is 11.8. The predicted molar refractivity (Wildman–Crippen MR) is 110 cm³/mol. The highest BCUT2D eigenvalue weighted by molar-refractivity contribution is 5.85. The van der Waals surface area contributed by atoms with E-state index < -0.39 is 0 Å². The van der Waals surface area contributed by atoms with E-state index in [2.05, 4.69) is 17.1 Å². The number of aryl methyl sites for hydroxylation is 2. The van der Waals surface area contributed by atoms with Crippen LogP contribution in [0.5, 0.6) is 5.88 Å². The lowest BCUT2D eigenvalue weighted by Gasteiger charge is -2.20. The first-order chi connectivity index (χ1) is 13.2. The van der Waals surface area contributed by atoms with Gasteiger partial charge in [0, 0.05) is 25.5 Å². The molecule has 1 aromatic carbocycles. The van der Waals surface area contributed by atoms with Gasteiger partial charge in [-0.1, -0.05) is 24.3 Å². The van der Waals surface area contributed by atoms with Crippen LogP contribution in [0.3, 0.4) is 0 Å². The Labute approximate surface area is 170 Å². The summed E-state index contributed by atoms with van der Waals surface area (Å²) in [7, 11) is 0. The van der Waals surface area contributed by atoms with E-state index in [9.17, 15) is 4.79 Å². The first-order valence-electron chi connectivity index (χ1n) is 9.30. The Bertz CT molecular complexity index is 968. The summed E-state index contributed by atoms with van der Waals surface area (Å²) in [5.41, 5.74) is 5.02. The molecule has 0 bridgehead atoms. The molecule has 0 aliphatic heterocycles. The van der Waals surface area contributed by atoms with Crippen molar-refractivity contribution in [2.24, 2.45) is 0 Å². The van der Waals surface area contributed by atoms with Crippen molar-refractivity contribution in [1.82, 2.24) is 19.7 Å². The van der Waals surface area contributed by atoms with Crippen LogP contribution in [0.4, 0.5) is 4.79 Å². The highest BCUT2D eigenvalue weighted by Gasteiger charge is 2.29. The summed E-state index contributed by atoms with van der Waals surface area (Å²) in [5, 5.41) is 4.78. The van der Waals surface area contributed by atoms with Crippen LogP contribution in [-0.2, 0) is 12.8 Å². The van der Waals surface area contributed by atoms with Crippen molar-refractivity contribution < 1.29 is 9.53 Å². The van der Waals surface area contributed by atoms with E-state index in [0.717, 1.165) is 35.3 Å². The van der Waals surface area contributed by atoms with Crippen molar-refractivity contribution >= 4 is 18.5 Å². The highest BCUT2D eigenvalue weighted by Crippen LogP contribution is 2.41. The van der Waals surface area contributed by atoms with Gasteiger partial charge in [0.15, 0.2) is 0 Å². The SMILES string of the molecule is CCN(CC)C(=O)Oc1c2c(nn1-c1ccncc1)CCc1ccccc1-2.Cl. The number of benzene rings is 1. The van der Waals surface area contributed by atoms with Crippen LogP contribution in [-0.4, -0.2) is 38.8 Å². The van der Waals surface area contributed by atoms with Gasteiger partial charge in [-0.3, -0.25) is 4.98 Å². The number of halogens is 1. The average molecular weight is 399 g/mol. The first-order valence-corrected chi connectivity index (χ1v) is 9.30. The smallest absolute Gasteiger partial charge is 0.390 e. The Balaban J connectivity index is 0.00000225. The fraction of sp³-hybridized carbons (Fsp3) is 0.286. The summed E-state index contributed by atoms with van der Waals surface area (Å²) in [6.45, 7) is 5.07. The van der Waals surface area contributed by atoms with Crippen LogP contribution in [0.25, 0.3) is 16.8 Å². The second-order valence-electron chi connectivity index (χ2n) is 6.44. The minimum Gasteiger partial charge on any atom is -0.390 e. The summed E-state index contributed by atoms with van der Waals surface area (Å²) in [5.74, 6) is 0.472. The number of rotatable bonds is 4. The standard InChI is InChI=1S/C21H22N4O2.ClH/c1-3-24(4-2)21(26)27-20-19-17-8-6-5-7-15(17)9-10-18(19)23-25(20)16-11-13-22-14-12-16;/h5-8,11-14H,3-4,9-10H2,1-2H3;1H. The number of hydrogen-bond donors (Lipinski definition) is 0. The molecule has 0 unspecified atom stereocenters. The molecule has 0 spiro atoms. The Morgan fingerprint density at radius 2 is 1.82 bits per heavy atom. The minimum absolute atomic E-state index is 0. The van der Waals surface area contributed by atoms with Crippen molar-refractivity contribution in [3.63, 3.8) is 0 Å². The van der Waals surface area contributed by atoms with Gasteiger partial charge in [-0.05, 0) is 49.9 Å². The zero-order chi connectivity index (χ0) is 18.8. The number of amides is 1. The summed E-state index contributed by atoms with van der Waals surface area (Å²) in [6.07, 6.45) is 4.81. The van der Waals surface area contributed by atoms with Crippen molar-refractivity contribution in [3.05, 3.63) is 60.0 Å². The molecule has 0 atom stereocenters. The van der Waals surface area contributed by atoms with Gasteiger partial charge in [0.2, 0.25) is 5.88 Å². The third kappa shape index (κ3) is 3.47. The van der Waals surface area contributed by atoms with E-state index >= 15 is 0 Å². The zero-order valence-electron chi connectivity index (χ0n) is 16.0. The second-order valence-corrected chi connectivity index (χ2v) is 6.44. The molecule has 0 fully saturated rings. The summed E-state index contributed by atoms with van der Waals surface area (Å²) < 4.78 is 7.62. The third-order valence-electron chi connectivity index (χ3n) is 4.95. The van der Waals surface area contributed by atoms with Crippen LogP contribution in [0.2, 0.25) is 0 Å². The Kier molecular flexibility index (Phi) is 5.99. The van der Waals surface area contributed by atoms with Crippen LogP contribution in [0.15, 0.2) is 48.8 Å². The summed E-state index contributed by atoms with van der Waals surface area (Å²) in [4.78, 5) is 18.4. The lowest BCUT2D eigenvalue weighted by atomic mass is 9.90. The number of ether oxygens (including phenoxy) is 1. The Hall–Kier alpha value is -2.86. The molecule has 0 saturated carbocycles. The molecule has 1 amide bonds. The van der Waals surface area contributed by atoms with E-state index in [4.69, 9.17) is 9.84 Å². The maximum atomic E-state index is 12.7. The molecular weight excluding hydrogens is 376 g/mol. The number of carbonyl (C=O) groups is 1. The molecular formula is C21H23ClN4O2. The molecule has 28 heavy (non-hydrogen) atoms. The largest absolute Gasteiger partial charge is 0.416 e. The molecule has 6 nitrogen and oxygen atoms in total. The van der Waals surface area contributed by atoms with E-state index in [0.29, 0.717) is 19.0 Å². The van der Waals surface area contributed by atoms with Crippen LogP contribution >= 0.6 is 12.4 Å². The number of hydrogen-bond acceptors (Lipinski definition) is 4. The highest BCUT2D eigenvalue weighted by atomic mass is 35.5. The second kappa shape index (κ2) is 8.44. The van der Waals surface area contributed by atoms with Gasteiger partial charge < -0.3 is 9.64 Å². The lowest BCUT2D eigenvalue weighted by Crippen LogP contribution is -2.33. The molecule has 7 heteroatoms. The molecule has 0 N–H and O–H groups in total. The number of aromatic nitrogens is 3. The van der Waals surface area contributed by atoms with Crippen molar-refractivity contribution in [2.45, 2.75) is 26.7 Å². The molecule has 2 aromatic heterocycles. The van der Waals surface area contributed by atoms with Gasteiger partial charge in [0.1, 0.15) is 0 Å². The summed E-state index contributed by atoms with van der Waals surface area (Å²) >= 11 is 0. The first kappa shape index (κ1) is 19.9. The van der Waals surface area contributed by atoms with Gasteiger partial charge in [-0.25, -0.2) is 4.79 Å². The molecule has 0 saturated heterocycles. The van der Waals surface area contributed by atoms with E-state index in [1.165, 1.54) is 5.56 Å². The lowest BCUT2D eigenvalue weighted by molar-refractivity contribution is 0.154. The topological polar surface area (TPSA) is 60.3 Å². The van der Waals surface area contributed by atoms with Crippen LogP contribution in [0.1, 0.15) is 25.1 Å². The number of pyridine rings is 1. The summed E-state index contributed by atoms with van der Waals surface area (Å²) in [6, 6.07) is 12.0. The fourth-order valence-electron chi connectivity index (χ4n) is 3.51. The van der Waals surface area contributed by atoms with Crippen molar-refractivity contribution in [2.75, 3.05) is 13.1 Å². The van der Waals surface area contributed by atoms with Gasteiger partial charge in [0.25, 0.3) is 0 Å². The van der Waals surface area contributed by atoms with E-state index in [1.54, 1.807) is 22.0 Å².